The quantitative estimate of drug-likeness (QED) is 0.839. The third-order valence-corrected chi connectivity index (χ3v) is 5.86. The molecule has 126 valence electrons. The van der Waals surface area contributed by atoms with Crippen LogP contribution in [-0.4, -0.2) is 20.5 Å². The molecule has 2 atom stereocenters. The van der Waals surface area contributed by atoms with Gasteiger partial charge in [0, 0.05) is 12.1 Å². The minimum Gasteiger partial charge on any atom is -0.328 e. The van der Waals surface area contributed by atoms with Crippen LogP contribution in [0.5, 0.6) is 0 Å². The van der Waals surface area contributed by atoms with Crippen molar-refractivity contribution in [3.8, 4) is 0 Å². The van der Waals surface area contributed by atoms with Crippen LogP contribution in [0.2, 0.25) is 5.02 Å². The molecule has 2 unspecified atom stereocenters. The first kappa shape index (κ1) is 19.7. The number of nitrogens with one attached hydrogen (secondary N) is 1. The Morgan fingerprint density at radius 2 is 2.09 bits per heavy atom. The van der Waals surface area contributed by atoms with E-state index in [0.717, 1.165) is 37.7 Å². The lowest BCUT2D eigenvalue weighted by molar-refractivity contribution is 0.371. The molecule has 7 heteroatoms. The van der Waals surface area contributed by atoms with Crippen LogP contribution < -0.4 is 10.5 Å². The Labute approximate surface area is 144 Å². The van der Waals surface area contributed by atoms with Crippen molar-refractivity contribution in [2.24, 2.45) is 5.73 Å². The van der Waals surface area contributed by atoms with Crippen molar-refractivity contribution in [2.75, 3.05) is 0 Å². The van der Waals surface area contributed by atoms with Crippen LogP contribution >= 0.6 is 24.0 Å². The second-order valence-corrected chi connectivity index (χ2v) is 7.85. The van der Waals surface area contributed by atoms with E-state index in [2.05, 4.69) is 11.6 Å². The molecule has 0 aromatic heterocycles. The highest BCUT2D eigenvalue weighted by Crippen LogP contribution is 2.25. The van der Waals surface area contributed by atoms with Gasteiger partial charge in [0.1, 0.15) is 4.90 Å². The van der Waals surface area contributed by atoms with Gasteiger partial charge in [0.2, 0.25) is 10.0 Å². The summed E-state index contributed by atoms with van der Waals surface area (Å²) >= 11 is 6.08. The molecule has 3 N–H and O–H groups in total. The molecule has 0 saturated heterocycles. The summed E-state index contributed by atoms with van der Waals surface area (Å²) in [6.07, 6.45) is 5.24. The minimum atomic E-state index is -3.59. The summed E-state index contributed by atoms with van der Waals surface area (Å²) in [6, 6.07) is 5.20. The Bertz CT molecular complexity index is 593. The molecule has 2 rings (SSSR count). The van der Waals surface area contributed by atoms with E-state index in [0.29, 0.717) is 6.42 Å². The van der Waals surface area contributed by atoms with Crippen molar-refractivity contribution < 1.29 is 8.42 Å². The van der Waals surface area contributed by atoms with Gasteiger partial charge in [-0.1, -0.05) is 37.4 Å². The Balaban J connectivity index is 0.00000242. The van der Waals surface area contributed by atoms with Gasteiger partial charge in [-0.05, 0) is 43.4 Å². The van der Waals surface area contributed by atoms with E-state index in [1.54, 1.807) is 12.1 Å². The van der Waals surface area contributed by atoms with E-state index in [4.69, 9.17) is 17.3 Å². The first-order chi connectivity index (χ1) is 9.92. The number of benzene rings is 1. The van der Waals surface area contributed by atoms with E-state index < -0.39 is 10.0 Å². The average Bonchev–Trinajstić information content (AvgIpc) is 2.40. The van der Waals surface area contributed by atoms with E-state index in [1.807, 2.05) is 6.07 Å². The molecule has 4 nitrogen and oxygen atoms in total. The fraction of sp³-hybridized carbons (Fsp3) is 0.600. The fourth-order valence-corrected chi connectivity index (χ4v) is 4.65. The molecule has 0 radical (unpaired) electrons. The lowest BCUT2D eigenvalue weighted by Gasteiger charge is -2.27. The van der Waals surface area contributed by atoms with Crippen molar-refractivity contribution in [1.29, 1.82) is 0 Å². The number of nitrogens with two attached hydrogens (primary N) is 1. The molecule has 0 bridgehead atoms. The minimum absolute atomic E-state index is 0. The predicted molar refractivity (Wildman–Crippen MR) is 93.2 cm³/mol. The largest absolute Gasteiger partial charge is 0.328 e. The first-order valence-corrected chi connectivity index (χ1v) is 9.35. The second-order valence-electron chi connectivity index (χ2n) is 5.76. The van der Waals surface area contributed by atoms with Crippen LogP contribution in [0.3, 0.4) is 0 Å². The monoisotopic (exact) mass is 366 g/mol. The van der Waals surface area contributed by atoms with Gasteiger partial charge < -0.3 is 5.73 Å². The van der Waals surface area contributed by atoms with Crippen LogP contribution in [0.15, 0.2) is 23.1 Å². The van der Waals surface area contributed by atoms with Crippen LogP contribution in [0.1, 0.15) is 44.6 Å². The van der Waals surface area contributed by atoms with Crippen LogP contribution in [0.25, 0.3) is 0 Å². The molecule has 22 heavy (non-hydrogen) atoms. The number of aryl methyl sites for hydroxylation is 1. The molecular formula is C15H24Cl2N2O2S. The molecule has 1 aliphatic carbocycles. The normalized spacial score (nSPS) is 22.1. The van der Waals surface area contributed by atoms with Gasteiger partial charge in [-0.2, -0.15) is 0 Å². The third-order valence-electron chi connectivity index (χ3n) is 3.86. The van der Waals surface area contributed by atoms with Gasteiger partial charge in [0.05, 0.1) is 5.02 Å². The molecule has 0 spiro atoms. The highest BCUT2D eigenvalue weighted by atomic mass is 35.5. The molecule has 1 saturated carbocycles. The molecule has 1 aliphatic rings. The molecule has 0 amide bonds. The van der Waals surface area contributed by atoms with Crippen molar-refractivity contribution in [2.45, 2.75) is 62.4 Å². The SMILES string of the molecule is CCCc1ccc(Cl)c(S(=O)(=O)NC2CCCC(N)C2)c1.Cl. The highest BCUT2D eigenvalue weighted by molar-refractivity contribution is 7.89. The molecule has 1 aromatic carbocycles. The van der Waals surface area contributed by atoms with E-state index in [9.17, 15) is 8.42 Å². The molecule has 1 aromatic rings. The summed E-state index contributed by atoms with van der Waals surface area (Å²) in [7, 11) is -3.59. The Morgan fingerprint density at radius 3 is 2.73 bits per heavy atom. The lowest BCUT2D eigenvalue weighted by atomic mass is 9.92. The number of rotatable bonds is 5. The van der Waals surface area contributed by atoms with Crippen molar-refractivity contribution in [3.05, 3.63) is 28.8 Å². The number of sulfonamides is 1. The van der Waals surface area contributed by atoms with Crippen molar-refractivity contribution >= 4 is 34.0 Å². The highest BCUT2D eigenvalue weighted by Gasteiger charge is 2.26. The van der Waals surface area contributed by atoms with Crippen molar-refractivity contribution in [1.82, 2.24) is 4.72 Å². The third kappa shape index (κ3) is 5.10. The average molecular weight is 367 g/mol. The number of hydrogen-bond donors (Lipinski definition) is 2. The Kier molecular flexibility index (Phi) is 7.62. The summed E-state index contributed by atoms with van der Waals surface area (Å²) in [5.41, 5.74) is 6.90. The zero-order valence-corrected chi connectivity index (χ0v) is 15.1. The standard InChI is InChI=1S/C15H23ClN2O2S.ClH/c1-2-4-11-7-8-14(16)15(9-11)21(19,20)18-13-6-3-5-12(17)10-13;/h7-9,12-13,18H,2-6,10,17H2,1H3;1H. The maximum absolute atomic E-state index is 12.5. The number of halogens is 2. The van der Waals surface area contributed by atoms with Crippen LogP contribution in [0, 0.1) is 0 Å². The second kappa shape index (κ2) is 8.50. The van der Waals surface area contributed by atoms with Gasteiger partial charge >= 0.3 is 0 Å². The first-order valence-electron chi connectivity index (χ1n) is 7.48. The lowest BCUT2D eigenvalue weighted by Crippen LogP contribution is -2.42. The Hall–Kier alpha value is -0.330. The summed E-state index contributed by atoms with van der Waals surface area (Å²) in [5, 5.41) is 0.266. The van der Waals surface area contributed by atoms with E-state index >= 15 is 0 Å². The number of hydrogen-bond acceptors (Lipinski definition) is 3. The fourth-order valence-electron chi connectivity index (χ4n) is 2.82. The zero-order chi connectivity index (χ0) is 15.5. The van der Waals surface area contributed by atoms with Gasteiger partial charge in [0.25, 0.3) is 0 Å². The maximum Gasteiger partial charge on any atom is 0.242 e. The maximum atomic E-state index is 12.5. The smallest absolute Gasteiger partial charge is 0.242 e. The van der Waals surface area contributed by atoms with Gasteiger partial charge in [0.15, 0.2) is 0 Å². The summed E-state index contributed by atoms with van der Waals surface area (Å²) < 4.78 is 27.9. The van der Waals surface area contributed by atoms with Crippen LogP contribution in [0.4, 0.5) is 0 Å². The zero-order valence-electron chi connectivity index (χ0n) is 12.7. The molecule has 1 fully saturated rings. The van der Waals surface area contributed by atoms with E-state index in [1.165, 1.54) is 0 Å². The van der Waals surface area contributed by atoms with Gasteiger partial charge in [-0.3, -0.25) is 0 Å². The summed E-state index contributed by atoms with van der Waals surface area (Å²) in [5.74, 6) is 0. The molecule has 0 heterocycles. The summed E-state index contributed by atoms with van der Waals surface area (Å²) in [6.45, 7) is 2.06. The van der Waals surface area contributed by atoms with Gasteiger partial charge in [-0.15, -0.1) is 12.4 Å². The van der Waals surface area contributed by atoms with Gasteiger partial charge in [-0.25, -0.2) is 13.1 Å². The predicted octanol–water partition coefficient (Wildman–Crippen LogP) is 3.26. The van der Waals surface area contributed by atoms with E-state index in [-0.39, 0.29) is 34.4 Å². The Morgan fingerprint density at radius 1 is 1.36 bits per heavy atom. The topological polar surface area (TPSA) is 72.2 Å². The van der Waals surface area contributed by atoms with Crippen molar-refractivity contribution in [3.63, 3.8) is 0 Å². The molecule has 0 aliphatic heterocycles. The molecular weight excluding hydrogens is 343 g/mol. The summed E-state index contributed by atoms with van der Waals surface area (Å²) in [4.78, 5) is 0.175. The van der Waals surface area contributed by atoms with Crippen LogP contribution in [-0.2, 0) is 16.4 Å².